The van der Waals surface area contributed by atoms with E-state index < -0.39 is 10.0 Å². The number of hydrogen-bond donors (Lipinski definition) is 1. The summed E-state index contributed by atoms with van der Waals surface area (Å²) in [6.45, 7) is 2.16. The molecule has 7 heteroatoms. The zero-order chi connectivity index (χ0) is 17.3. The van der Waals surface area contributed by atoms with E-state index in [2.05, 4.69) is 4.72 Å². The molecular weight excluding hydrogens is 348 g/mol. The molecule has 3 rings (SSSR count). The molecule has 1 heterocycles. The molecule has 1 amide bonds. The largest absolute Gasteiger partial charge is 0.312 e. The molecule has 0 radical (unpaired) electrons. The van der Waals surface area contributed by atoms with Crippen molar-refractivity contribution in [3.8, 4) is 0 Å². The Hall–Kier alpha value is -2.05. The summed E-state index contributed by atoms with van der Waals surface area (Å²) in [6, 6.07) is 11.4. The molecule has 2 aromatic carbocycles. The first-order valence-corrected chi connectivity index (χ1v) is 9.42. The summed E-state index contributed by atoms with van der Waals surface area (Å²) >= 11 is 5.87. The number of rotatable bonds is 3. The highest BCUT2D eigenvalue weighted by Gasteiger charge is 2.21. The summed E-state index contributed by atoms with van der Waals surface area (Å²) in [5.74, 6) is -0.0502. The zero-order valence-electron chi connectivity index (χ0n) is 13.1. The molecule has 0 spiro atoms. The van der Waals surface area contributed by atoms with Gasteiger partial charge in [0.25, 0.3) is 10.0 Å². The molecule has 1 aliphatic heterocycles. The third-order valence-electron chi connectivity index (χ3n) is 3.94. The van der Waals surface area contributed by atoms with E-state index in [1.807, 2.05) is 6.07 Å². The van der Waals surface area contributed by atoms with Gasteiger partial charge in [0.1, 0.15) is 0 Å². The normalized spacial score (nSPS) is 14.2. The lowest BCUT2D eigenvalue weighted by atomic mass is 10.0. The maximum atomic E-state index is 12.5. The van der Waals surface area contributed by atoms with Crippen LogP contribution < -0.4 is 9.62 Å². The number of benzene rings is 2. The molecule has 0 saturated heterocycles. The van der Waals surface area contributed by atoms with Gasteiger partial charge in [-0.1, -0.05) is 23.7 Å². The third kappa shape index (κ3) is 3.39. The standard InChI is InChI=1S/C17H17ClN2O3S/c1-12(21)20-9-3-4-13-7-8-15(11-17(13)20)19-24(22,23)16-6-2-5-14(18)10-16/h2,5-8,10-11,19H,3-4,9H2,1H3. The number of carbonyl (C=O) groups is 1. The lowest BCUT2D eigenvalue weighted by molar-refractivity contribution is -0.116. The van der Waals surface area contributed by atoms with Crippen LogP contribution in [-0.2, 0) is 21.2 Å². The van der Waals surface area contributed by atoms with Crippen molar-refractivity contribution >= 4 is 38.9 Å². The Labute approximate surface area is 146 Å². The van der Waals surface area contributed by atoms with E-state index in [0.29, 0.717) is 17.3 Å². The Kier molecular flexibility index (Phi) is 4.51. The Balaban J connectivity index is 1.94. The van der Waals surface area contributed by atoms with Gasteiger partial charge in [-0.05, 0) is 48.7 Å². The molecule has 0 bridgehead atoms. The van der Waals surface area contributed by atoms with Gasteiger partial charge in [0.05, 0.1) is 10.6 Å². The van der Waals surface area contributed by atoms with Crippen molar-refractivity contribution in [1.82, 2.24) is 0 Å². The highest BCUT2D eigenvalue weighted by Crippen LogP contribution is 2.31. The van der Waals surface area contributed by atoms with Crippen LogP contribution in [0.1, 0.15) is 18.9 Å². The van der Waals surface area contributed by atoms with E-state index in [9.17, 15) is 13.2 Å². The fraction of sp³-hybridized carbons (Fsp3) is 0.235. The van der Waals surface area contributed by atoms with Gasteiger partial charge >= 0.3 is 0 Å². The maximum Gasteiger partial charge on any atom is 0.261 e. The number of hydrogen-bond acceptors (Lipinski definition) is 3. The predicted octanol–water partition coefficient (Wildman–Crippen LogP) is 3.44. The number of nitrogens with zero attached hydrogens (tertiary/aromatic N) is 1. The fourth-order valence-electron chi connectivity index (χ4n) is 2.81. The average Bonchev–Trinajstić information content (AvgIpc) is 2.53. The minimum absolute atomic E-state index is 0.0502. The van der Waals surface area contributed by atoms with Crippen molar-refractivity contribution in [3.63, 3.8) is 0 Å². The summed E-state index contributed by atoms with van der Waals surface area (Å²) in [6.07, 6.45) is 1.78. The van der Waals surface area contributed by atoms with Crippen LogP contribution in [0.3, 0.4) is 0 Å². The van der Waals surface area contributed by atoms with Gasteiger partial charge in [-0.25, -0.2) is 8.42 Å². The molecule has 0 aromatic heterocycles. The molecule has 1 aliphatic rings. The highest BCUT2D eigenvalue weighted by atomic mass is 35.5. The van der Waals surface area contributed by atoms with Crippen LogP contribution in [-0.4, -0.2) is 20.9 Å². The number of nitrogens with one attached hydrogen (secondary N) is 1. The van der Waals surface area contributed by atoms with Crippen LogP contribution in [0.2, 0.25) is 5.02 Å². The number of fused-ring (bicyclic) bond motifs is 1. The molecule has 0 fully saturated rings. The van der Waals surface area contributed by atoms with Crippen molar-refractivity contribution in [3.05, 3.63) is 53.1 Å². The molecule has 1 N–H and O–H groups in total. The fourth-order valence-corrected chi connectivity index (χ4v) is 4.16. The SMILES string of the molecule is CC(=O)N1CCCc2ccc(NS(=O)(=O)c3cccc(Cl)c3)cc21. The molecule has 2 aromatic rings. The first-order valence-electron chi connectivity index (χ1n) is 7.56. The van der Waals surface area contributed by atoms with E-state index >= 15 is 0 Å². The Morgan fingerprint density at radius 2 is 2.00 bits per heavy atom. The van der Waals surface area contributed by atoms with Crippen molar-refractivity contribution in [2.45, 2.75) is 24.7 Å². The minimum atomic E-state index is -3.74. The number of sulfonamides is 1. The Morgan fingerprint density at radius 1 is 1.21 bits per heavy atom. The minimum Gasteiger partial charge on any atom is -0.312 e. The third-order valence-corrected chi connectivity index (χ3v) is 5.56. The molecule has 0 saturated carbocycles. The number of carbonyl (C=O) groups excluding carboxylic acids is 1. The summed E-state index contributed by atoms with van der Waals surface area (Å²) in [5.41, 5.74) is 2.23. The second-order valence-electron chi connectivity index (χ2n) is 5.68. The molecule has 24 heavy (non-hydrogen) atoms. The van der Waals surface area contributed by atoms with Crippen LogP contribution in [0.25, 0.3) is 0 Å². The van der Waals surface area contributed by atoms with Crippen molar-refractivity contribution < 1.29 is 13.2 Å². The molecular formula is C17H17ClN2O3S. The van der Waals surface area contributed by atoms with E-state index in [4.69, 9.17) is 11.6 Å². The first-order chi connectivity index (χ1) is 11.4. The number of aryl methyl sites for hydroxylation is 1. The summed E-state index contributed by atoms with van der Waals surface area (Å²) in [7, 11) is -3.74. The predicted molar refractivity (Wildman–Crippen MR) is 95.1 cm³/mol. The van der Waals surface area contributed by atoms with Crippen molar-refractivity contribution in [1.29, 1.82) is 0 Å². The molecule has 5 nitrogen and oxygen atoms in total. The monoisotopic (exact) mass is 364 g/mol. The Bertz CT molecular complexity index is 896. The van der Waals surface area contributed by atoms with Gasteiger partial charge in [0.2, 0.25) is 5.91 Å². The van der Waals surface area contributed by atoms with Gasteiger partial charge in [-0.3, -0.25) is 9.52 Å². The van der Waals surface area contributed by atoms with Crippen LogP contribution >= 0.6 is 11.6 Å². The summed E-state index contributed by atoms with van der Waals surface area (Å²) in [4.78, 5) is 13.6. The number of halogens is 1. The first kappa shape index (κ1) is 16.8. The zero-order valence-corrected chi connectivity index (χ0v) is 14.7. The van der Waals surface area contributed by atoms with Crippen molar-refractivity contribution in [2.75, 3.05) is 16.2 Å². The van der Waals surface area contributed by atoms with E-state index in [1.54, 1.807) is 29.2 Å². The molecule has 0 unspecified atom stereocenters. The lowest BCUT2D eigenvalue weighted by Gasteiger charge is -2.29. The van der Waals surface area contributed by atoms with Gasteiger partial charge < -0.3 is 4.90 Å². The Morgan fingerprint density at radius 3 is 2.71 bits per heavy atom. The average molecular weight is 365 g/mol. The van der Waals surface area contributed by atoms with E-state index in [-0.39, 0.29) is 10.8 Å². The van der Waals surface area contributed by atoms with Gasteiger partial charge in [0.15, 0.2) is 0 Å². The van der Waals surface area contributed by atoms with Gasteiger partial charge in [-0.15, -0.1) is 0 Å². The highest BCUT2D eigenvalue weighted by molar-refractivity contribution is 7.92. The summed E-state index contributed by atoms with van der Waals surface area (Å²) in [5, 5.41) is 0.353. The number of amides is 1. The van der Waals surface area contributed by atoms with Crippen LogP contribution in [0.5, 0.6) is 0 Å². The smallest absolute Gasteiger partial charge is 0.261 e. The molecule has 0 aliphatic carbocycles. The van der Waals surface area contributed by atoms with Gasteiger partial charge in [-0.2, -0.15) is 0 Å². The lowest BCUT2D eigenvalue weighted by Crippen LogP contribution is -2.33. The second-order valence-corrected chi connectivity index (χ2v) is 7.80. The van der Waals surface area contributed by atoms with Gasteiger partial charge in [0, 0.05) is 24.2 Å². The van der Waals surface area contributed by atoms with E-state index in [1.165, 1.54) is 19.1 Å². The quantitative estimate of drug-likeness (QED) is 0.907. The van der Waals surface area contributed by atoms with Crippen LogP contribution in [0, 0.1) is 0 Å². The molecule has 0 atom stereocenters. The maximum absolute atomic E-state index is 12.5. The molecule has 126 valence electrons. The van der Waals surface area contributed by atoms with Crippen LogP contribution in [0.15, 0.2) is 47.4 Å². The second kappa shape index (κ2) is 6.45. The summed E-state index contributed by atoms with van der Waals surface area (Å²) < 4.78 is 27.5. The van der Waals surface area contributed by atoms with E-state index in [0.717, 1.165) is 24.1 Å². The van der Waals surface area contributed by atoms with Crippen LogP contribution in [0.4, 0.5) is 11.4 Å². The topological polar surface area (TPSA) is 66.5 Å². The number of anilines is 2. The van der Waals surface area contributed by atoms with Crippen molar-refractivity contribution in [2.24, 2.45) is 0 Å².